The third kappa shape index (κ3) is 2.48. The van der Waals surface area contributed by atoms with E-state index in [-0.39, 0.29) is 0 Å². The van der Waals surface area contributed by atoms with Crippen molar-refractivity contribution in [3.05, 3.63) is 40.3 Å². The molecular weight excluding hydrogens is 248 g/mol. The first-order chi connectivity index (χ1) is 9.56. The molecule has 0 atom stereocenters. The highest BCUT2D eigenvalue weighted by molar-refractivity contribution is 5.34. The first-order valence-corrected chi connectivity index (χ1v) is 7.29. The van der Waals surface area contributed by atoms with Crippen molar-refractivity contribution in [3.63, 3.8) is 0 Å². The molecule has 106 valence electrons. The van der Waals surface area contributed by atoms with Crippen molar-refractivity contribution >= 4 is 0 Å². The molecule has 2 aromatic heterocycles. The molecule has 2 aromatic rings. The van der Waals surface area contributed by atoms with Crippen LogP contribution in [0.1, 0.15) is 41.1 Å². The minimum Gasteiger partial charge on any atom is -0.310 e. The summed E-state index contributed by atoms with van der Waals surface area (Å²) in [5, 5.41) is 8.11. The fraction of sp³-hybridized carbons (Fsp3) is 0.500. The topological polar surface area (TPSA) is 42.7 Å². The van der Waals surface area contributed by atoms with Crippen LogP contribution in [0.2, 0.25) is 0 Å². The minimum atomic E-state index is 0.729. The van der Waals surface area contributed by atoms with E-state index in [2.05, 4.69) is 43.3 Å². The second kappa shape index (κ2) is 5.02. The summed E-state index contributed by atoms with van der Waals surface area (Å²) in [6.45, 7) is 9.23. The average molecular weight is 270 g/mol. The first kappa shape index (κ1) is 13.3. The molecule has 0 radical (unpaired) electrons. The summed E-state index contributed by atoms with van der Waals surface area (Å²) >= 11 is 0. The van der Waals surface area contributed by atoms with E-state index in [9.17, 15) is 0 Å². The lowest BCUT2D eigenvalue weighted by atomic mass is 10.2. The zero-order valence-electron chi connectivity index (χ0n) is 12.7. The van der Waals surface area contributed by atoms with E-state index in [4.69, 9.17) is 4.98 Å². The van der Waals surface area contributed by atoms with Crippen LogP contribution < -0.4 is 5.32 Å². The quantitative estimate of drug-likeness (QED) is 0.929. The molecule has 0 spiro atoms. The molecule has 0 aromatic carbocycles. The van der Waals surface area contributed by atoms with Crippen molar-refractivity contribution < 1.29 is 0 Å². The molecule has 4 nitrogen and oxygen atoms in total. The number of rotatable bonds is 4. The van der Waals surface area contributed by atoms with Crippen molar-refractivity contribution in [1.82, 2.24) is 20.1 Å². The fourth-order valence-corrected chi connectivity index (χ4v) is 2.37. The Bertz CT molecular complexity index is 638. The zero-order chi connectivity index (χ0) is 14.3. The molecule has 3 rings (SSSR count). The van der Waals surface area contributed by atoms with Gasteiger partial charge in [0.25, 0.3) is 0 Å². The Labute approximate surface area is 120 Å². The molecule has 0 amide bonds. The molecule has 1 aliphatic rings. The number of hydrogen-bond acceptors (Lipinski definition) is 3. The van der Waals surface area contributed by atoms with E-state index in [0.29, 0.717) is 0 Å². The van der Waals surface area contributed by atoms with Crippen molar-refractivity contribution in [3.8, 4) is 5.82 Å². The van der Waals surface area contributed by atoms with Gasteiger partial charge in [0.05, 0.1) is 5.69 Å². The van der Waals surface area contributed by atoms with Crippen molar-refractivity contribution in [1.29, 1.82) is 0 Å². The molecule has 1 N–H and O–H groups in total. The van der Waals surface area contributed by atoms with Gasteiger partial charge in [-0.15, -0.1) is 0 Å². The highest BCUT2D eigenvalue weighted by atomic mass is 15.3. The van der Waals surface area contributed by atoms with Crippen molar-refractivity contribution in [2.24, 2.45) is 0 Å². The number of aryl methyl sites for hydroxylation is 2. The SMILES string of the molecule is Cc1nc(-n2nc(C)c(C)c2C)ccc1CNC1CC1. The van der Waals surface area contributed by atoms with Crippen LogP contribution in [-0.4, -0.2) is 20.8 Å². The fourth-order valence-electron chi connectivity index (χ4n) is 2.37. The van der Waals surface area contributed by atoms with Gasteiger partial charge in [-0.05, 0) is 57.7 Å². The normalized spacial score (nSPS) is 14.8. The van der Waals surface area contributed by atoms with Gasteiger partial charge in [0, 0.05) is 24.0 Å². The maximum Gasteiger partial charge on any atom is 0.153 e. The van der Waals surface area contributed by atoms with Crippen LogP contribution in [0, 0.1) is 27.7 Å². The van der Waals surface area contributed by atoms with Crippen LogP contribution in [-0.2, 0) is 6.54 Å². The Morgan fingerprint density at radius 2 is 1.90 bits per heavy atom. The maximum atomic E-state index is 4.72. The monoisotopic (exact) mass is 270 g/mol. The molecule has 2 heterocycles. The van der Waals surface area contributed by atoms with Gasteiger partial charge in [-0.3, -0.25) is 0 Å². The molecule has 0 saturated heterocycles. The van der Waals surface area contributed by atoms with Crippen LogP contribution in [0.3, 0.4) is 0 Å². The van der Waals surface area contributed by atoms with Gasteiger partial charge in [-0.1, -0.05) is 6.07 Å². The number of pyridine rings is 1. The Morgan fingerprint density at radius 1 is 1.15 bits per heavy atom. The van der Waals surface area contributed by atoms with Gasteiger partial charge in [0.15, 0.2) is 5.82 Å². The van der Waals surface area contributed by atoms with Crippen LogP contribution in [0.5, 0.6) is 0 Å². The first-order valence-electron chi connectivity index (χ1n) is 7.29. The number of nitrogens with zero attached hydrogens (tertiary/aromatic N) is 3. The molecule has 1 aliphatic carbocycles. The maximum absolute atomic E-state index is 4.72. The summed E-state index contributed by atoms with van der Waals surface area (Å²) in [4.78, 5) is 4.72. The second-order valence-corrected chi connectivity index (χ2v) is 5.78. The van der Waals surface area contributed by atoms with E-state index < -0.39 is 0 Å². The molecule has 0 unspecified atom stereocenters. The summed E-state index contributed by atoms with van der Waals surface area (Å²) in [7, 11) is 0. The molecular formula is C16H22N4. The summed E-state index contributed by atoms with van der Waals surface area (Å²) in [5.41, 5.74) is 5.84. The molecule has 20 heavy (non-hydrogen) atoms. The average Bonchev–Trinajstić information content (AvgIpc) is 3.21. The Balaban J connectivity index is 1.86. The highest BCUT2D eigenvalue weighted by Gasteiger charge is 2.20. The summed E-state index contributed by atoms with van der Waals surface area (Å²) in [6.07, 6.45) is 2.63. The number of hydrogen-bond donors (Lipinski definition) is 1. The van der Waals surface area contributed by atoms with Crippen LogP contribution in [0.25, 0.3) is 5.82 Å². The van der Waals surface area contributed by atoms with Gasteiger partial charge in [-0.2, -0.15) is 5.10 Å². The number of nitrogens with one attached hydrogen (secondary N) is 1. The lowest BCUT2D eigenvalue weighted by Crippen LogP contribution is -2.16. The Hall–Kier alpha value is -1.68. The van der Waals surface area contributed by atoms with Gasteiger partial charge in [0.1, 0.15) is 0 Å². The third-order valence-electron chi connectivity index (χ3n) is 4.21. The molecule has 1 fully saturated rings. The standard InChI is InChI=1S/C16H22N4/c1-10-11(2)19-20(13(10)4)16-8-5-14(12(3)18-16)9-17-15-6-7-15/h5,8,15,17H,6-7,9H2,1-4H3. The predicted octanol–water partition coefficient (Wildman–Crippen LogP) is 2.75. The highest BCUT2D eigenvalue weighted by Crippen LogP contribution is 2.20. The molecule has 4 heteroatoms. The summed E-state index contributed by atoms with van der Waals surface area (Å²) in [5.74, 6) is 0.909. The van der Waals surface area contributed by atoms with Crippen molar-refractivity contribution in [2.45, 2.75) is 53.1 Å². The smallest absolute Gasteiger partial charge is 0.153 e. The second-order valence-electron chi connectivity index (χ2n) is 5.78. The molecule has 1 saturated carbocycles. The zero-order valence-corrected chi connectivity index (χ0v) is 12.7. The van der Waals surface area contributed by atoms with E-state index >= 15 is 0 Å². The van der Waals surface area contributed by atoms with Gasteiger partial charge < -0.3 is 5.32 Å². The van der Waals surface area contributed by atoms with Crippen LogP contribution in [0.15, 0.2) is 12.1 Å². The van der Waals surface area contributed by atoms with Gasteiger partial charge in [-0.25, -0.2) is 9.67 Å². The molecule has 0 aliphatic heterocycles. The van der Waals surface area contributed by atoms with E-state index in [1.165, 1.54) is 29.7 Å². The number of aromatic nitrogens is 3. The minimum absolute atomic E-state index is 0.729. The lowest BCUT2D eigenvalue weighted by Gasteiger charge is -2.09. The van der Waals surface area contributed by atoms with E-state index in [1.807, 2.05) is 11.6 Å². The summed E-state index contributed by atoms with van der Waals surface area (Å²) in [6, 6.07) is 4.96. The van der Waals surface area contributed by atoms with Gasteiger partial charge >= 0.3 is 0 Å². The lowest BCUT2D eigenvalue weighted by molar-refractivity contribution is 0.680. The Kier molecular flexibility index (Phi) is 3.34. The largest absolute Gasteiger partial charge is 0.310 e. The third-order valence-corrected chi connectivity index (χ3v) is 4.21. The van der Waals surface area contributed by atoms with Crippen LogP contribution in [0.4, 0.5) is 0 Å². The van der Waals surface area contributed by atoms with E-state index in [1.54, 1.807) is 0 Å². The predicted molar refractivity (Wildman–Crippen MR) is 80.2 cm³/mol. The van der Waals surface area contributed by atoms with Crippen LogP contribution >= 0.6 is 0 Å². The van der Waals surface area contributed by atoms with Crippen molar-refractivity contribution in [2.75, 3.05) is 0 Å². The van der Waals surface area contributed by atoms with E-state index in [0.717, 1.165) is 29.8 Å². The van der Waals surface area contributed by atoms with Gasteiger partial charge in [0.2, 0.25) is 0 Å². The Morgan fingerprint density at radius 3 is 2.45 bits per heavy atom. The summed E-state index contributed by atoms with van der Waals surface area (Å²) < 4.78 is 1.94. The molecule has 0 bridgehead atoms.